The summed E-state index contributed by atoms with van der Waals surface area (Å²) >= 11 is 12.4. The van der Waals surface area contributed by atoms with Gasteiger partial charge in [0.05, 0.1) is 16.6 Å². The molecule has 0 saturated carbocycles. The van der Waals surface area contributed by atoms with E-state index in [-0.39, 0.29) is 5.82 Å². The minimum Gasteiger partial charge on any atom is -0.342 e. The number of para-hydroxylation sites is 1. The summed E-state index contributed by atoms with van der Waals surface area (Å²) in [4.78, 5) is 7.48. The molecule has 32 heavy (non-hydrogen) atoms. The summed E-state index contributed by atoms with van der Waals surface area (Å²) in [5.74, 6) is 0.0322. The molecule has 0 atom stereocenters. The Balaban J connectivity index is 1.60. The highest BCUT2D eigenvalue weighted by atomic mass is 35.5. The summed E-state index contributed by atoms with van der Waals surface area (Å²) < 4.78 is 15.6. The fourth-order valence-electron chi connectivity index (χ4n) is 3.77. The van der Waals surface area contributed by atoms with Crippen molar-refractivity contribution >= 4 is 56.8 Å². The van der Waals surface area contributed by atoms with Crippen molar-refractivity contribution in [2.75, 3.05) is 0 Å². The highest BCUT2D eigenvalue weighted by molar-refractivity contribution is 6.35. The second-order valence-corrected chi connectivity index (χ2v) is 8.23. The lowest BCUT2D eigenvalue weighted by Gasteiger charge is -2.08. The van der Waals surface area contributed by atoms with Crippen LogP contribution in [0.1, 0.15) is 17.0 Å². The molecule has 4 nitrogen and oxygen atoms in total. The minimum atomic E-state index is -0.362. The Morgan fingerprint density at radius 2 is 1.97 bits per heavy atom. The molecule has 0 bridgehead atoms. The van der Waals surface area contributed by atoms with Gasteiger partial charge in [0.2, 0.25) is 0 Å². The summed E-state index contributed by atoms with van der Waals surface area (Å²) in [5, 5.41) is 12.0. The number of aromatic amines is 1. The van der Waals surface area contributed by atoms with Crippen LogP contribution >= 0.6 is 23.2 Å². The number of imidazole rings is 1. The normalized spacial score (nSPS) is 11.9. The topological polar surface area (TPSA) is 57.4 Å². The van der Waals surface area contributed by atoms with Crippen LogP contribution in [0.2, 0.25) is 10.0 Å². The second kappa shape index (κ2) is 8.16. The summed E-state index contributed by atoms with van der Waals surface area (Å²) in [5.41, 5.74) is 4.31. The monoisotopic (exact) mass is 460 g/mol. The highest BCUT2D eigenvalue weighted by Gasteiger charge is 2.13. The number of fused-ring (bicyclic) bond motifs is 2. The number of hydrogen-bond donors (Lipinski definition) is 1. The number of hydrogen-bond acceptors (Lipinski definition) is 2. The lowest BCUT2D eigenvalue weighted by molar-refractivity contribution is 0.629. The molecule has 0 aliphatic rings. The molecule has 0 unspecified atom stereocenters. The van der Waals surface area contributed by atoms with Gasteiger partial charge in [-0.15, -0.1) is 0 Å². The molecule has 0 aliphatic heterocycles. The van der Waals surface area contributed by atoms with Gasteiger partial charge in [-0.3, -0.25) is 0 Å². The first-order valence-electron chi connectivity index (χ1n) is 9.81. The maximum Gasteiger partial charge on any atom is 0.149 e. The van der Waals surface area contributed by atoms with E-state index < -0.39 is 0 Å². The number of rotatable bonds is 4. The van der Waals surface area contributed by atoms with Gasteiger partial charge in [0.1, 0.15) is 17.7 Å². The maximum atomic E-state index is 13.5. The van der Waals surface area contributed by atoms with Gasteiger partial charge in [0.15, 0.2) is 0 Å². The van der Waals surface area contributed by atoms with E-state index >= 15 is 0 Å². The van der Waals surface area contributed by atoms with Gasteiger partial charge in [-0.1, -0.05) is 47.5 Å². The van der Waals surface area contributed by atoms with Crippen molar-refractivity contribution in [3.63, 3.8) is 0 Å². The number of nitrogens with zero attached hydrogens (tertiary/aromatic N) is 3. The average molecular weight is 461 g/mol. The van der Waals surface area contributed by atoms with Gasteiger partial charge in [-0.05, 0) is 48.0 Å². The molecule has 1 N–H and O–H groups in total. The Bertz CT molecular complexity index is 1560. The van der Waals surface area contributed by atoms with Crippen molar-refractivity contribution in [2.45, 2.75) is 6.54 Å². The van der Waals surface area contributed by atoms with E-state index in [0.29, 0.717) is 39.0 Å². The first-order valence-corrected chi connectivity index (χ1v) is 10.6. The number of nitriles is 1. The smallest absolute Gasteiger partial charge is 0.149 e. The summed E-state index contributed by atoms with van der Waals surface area (Å²) in [6.07, 6.45) is 3.77. The zero-order valence-corrected chi connectivity index (χ0v) is 18.1. The predicted molar refractivity (Wildman–Crippen MR) is 127 cm³/mol. The molecule has 2 aromatic heterocycles. The molecule has 7 heteroatoms. The maximum absolute atomic E-state index is 13.5. The molecule has 156 valence electrons. The molecule has 3 aromatic carbocycles. The molecule has 0 saturated heterocycles. The van der Waals surface area contributed by atoms with Gasteiger partial charge in [-0.25, -0.2) is 9.37 Å². The van der Waals surface area contributed by atoms with E-state index in [2.05, 4.69) is 20.6 Å². The van der Waals surface area contributed by atoms with Crippen molar-refractivity contribution in [2.24, 2.45) is 0 Å². The number of benzene rings is 3. The Kier molecular flexibility index (Phi) is 5.18. The van der Waals surface area contributed by atoms with E-state index in [1.54, 1.807) is 18.2 Å². The molecular weight excluding hydrogens is 446 g/mol. The van der Waals surface area contributed by atoms with Crippen LogP contribution in [0.5, 0.6) is 0 Å². The van der Waals surface area contributed by atoms with Crippen molar-refractivity contribution in [1.29, 1.82) is 5.26 Å². The Morgan fingerprint density at radius 1 is 1.12 bits per heavy atom. The van der Waals surface area contributed by atoms with Crippen LogP contribution in [-0.4, -0.2) is 14.5 Å². The molecule has 0 aliphatic carbocycles. The number of allylic oxidation sites excluding steroid dienone is 1. The summed E-state index contributed by atoms with van der Waals surface area (Å²) in [6, 6.07) is 19.9. The van der Waals surface area contributed by atoms with Crippen molar-refractivity contribution in [3.05, 3.63) is 99.7 Å². The Morgan fingerprint density at radius 3 is 2.78 bits per heavy atom. The Labute approximate surface area is 193 Å². The number of nitrogens with one attached hydrogen (secondary N) is 1. The van der Waals surface area contributed by atoms with Crippen LogP contribution in [-0.2, 0) is 6.54 Å². The zero-order valence-electron chi connectivity index (χ0n) is 16.6. The first kappa shape index (κ1) is 20.3. The molecule has 0 radical (unpaired) electrons. The zero-order chi connectivity index (χ0) is 22.2. The molecule has 0 spiro atoms. The van der Waals surface area contributed by atoms with Gasteiger partial charge >= 0.3 is 0 Å². The van der Waals surface area contributed by atoms with E-state index in [0.717, 1.165) is 22.0 Å². The van der Waals surface area contributed by atoms with Crippen molar-refractivity contribution in [3.8, 4) is 6.07 Å². The second-order valence-electron chi connectivity index (χ2n) is 7.38. The van der Waals surface area contributed by atoms with Crippen molar-refractivity contribution < 1.29 is 4.39 Å². The number of aromatic nitrogens is 3. The largest absolute Gasteiger partial charge is 0.342 e. The van der Waals surface area contributed by atoms with E-state index in [4.69, 9.17) is 23.2 Å². The van der Waals surface area contributed by atoms with Gasteiger partial charge in [-0.2, -0.15) is 5.26 Å². The molecule has 5 aromatic rings. The van der Waals surface area contributed by atoms with Gasteiger partial charge < -0.3 is 9.55 Å². The lowest BCUT2D eigenvalue weighted by Crippen LogP contribution is -1.98. The van der Waals surface area contributed by atoms with Crippen LogP contribution in [0.25, 0.3) is 33.6 Å². The SMILES string of the molecule is N#C/C(=C/c1cn(Cc2ccc(Cl)cc2Cl)c2ccccc12)c1nc2ccc(F)cc2[nH]1. The standard InChI is InChI=1S/C25H15Cl2FN4/c26-18-6-5-15(21(27)10-18)13-32-14-17(20-3-1-2-4-24(20)32)9-16(12-29)25-30-22-8-7-19(28)11-23(22)31-25/h1-11,14H,13H2,(H,30,31)/b16-9-. The van der Waals surface area contributed by atoms with Crippen LogP contribution in [0.3, 0.4) is 0 Å². The highest BCUT2D eigenvalue weighted by Crippen LogP contribution is 2.29. The molecular formula is C25H15Cl2FN4. The van der Waals surface area contributed by atoms with Crippen LogP contribution in [0, 0.1) is 17.1 Å². The van der Waals surface area contributed by atoms with Crippen LogP contribution in [0.4, 0.5) is 4.39 Å². The lowest BCUT2D eigenvalue weighted by atomic mass is 10.1. The average Bonchev–Trinajstić information content (AvgIpc) is 3.35. The van der Waals surface area contributed by atoms with E-state index in [1.807, 2.05) is 42.6 Å². The summed E-state index contributed by atoms with van der Waals surface area (Å²) in [6.45, 7) is 0.552. The molecule has 2 heterocycles. The quantitative estimate of drug-likeness (QED) is 0.291. The minimum absolute atomic E-state index is 0.356. The Hall–Kier alpha value is -3.59. The third-order valence-electron chi connectivity index (χ3n) is 5.29. The predicted octanol–water partition coefficient (Wildman–Crippen LogP) is 7.08. The molecule has 5 rings (SSSR count). The fourth-order valence-corrected chi connectivity index (χ4v) is 4.24. The van der Waals surface area contributed by atoms with Crippen LogP contribution in [0.15, 0.2) is 66.9 Å². The number of halogens is 3. The first-order chi connectivity index (χ1) is 15.5. The fraction of sp³-hybridized carbons (Fsp3) is 0.0400. The van der Waals surface area contributed by atoms with Crippen molar-refractivity contribution in [1.82, 2.24) is 14.5 Å². The summed E-state index contributed by atoms with van der Waals surface area (Å²) in [7, 11) is 0. The van der Waals surface area contributed by atoms with E-state index in [1.165, 1.54) is 12.1 Å². The third kappa shape index (κ3) is 3.75. The van der Waals surface area contributed by atoms with Crippen LogP contribution < -0.4 is 0 Å². The molecule has 0 amide bonds. The van der Waals surface area contributed by atoms with Gasteiger partial charge in [0.25, 0.3) is 0 Å². The van der Waals surface area contributed by atoms with Gasteiger partial charge in [0, 0.05) is 39.3 Å². The third-order valence-corrected chi connectivity index (χ3v) is 5.88. The number of H-pyrrole nitrogens is 1. The van der Waals surface area contributed by atoms with E-state index in [9.17, 15) is 9.65 Å². The molecule has 0 fully saturated rings.